The van der Waals surface area contributed by atoms with E-state index in [0.29, 0.717) is 18.2 Å². The molecule has 0 fully saturated rings. The SMILES string of the molecule is CCOc1cncc(/C(N)=C/C(=O)OC)n1. The molecule has 0 aliphatic carbocycles. The first-order valence-electron chi connectivity index (χ1n) is 4.67. The normalized spacial score (nSPS) is 11.0. The summed E-state index contributed by atoms with van der Waals surface area (Å²) in [4.78, 5) is 18.9. The Labute approximate surface area is 93.1 Å². The molecule has 0 atom stereocenters. The molecule has 0 aromatic carbocycles. The number of hydrogen-bond donors (Lipinski definition) is 1. The van der Waals surface area contributed by atoms with Crippen LogP contribution in [-0.2, 0) is 9.53 Å². The average Bonchev–Trinajstić information content (AvgIpc) is 2.29. The maximum Gasteiger partial charge on any atom is 0.332 e. The molecule has 0 bridgehead atoms. The van der Waals surface area contributed by atoms with E-state index < -0.39 is 5.97 Å². The predicted octanol–water partition coefficient (Wildman–Crippen LogP) is 0.348. The number of ether oxygens (including phenoxy) is 2. The van der Waals surface area contributed by atoms with Gasteiger partial charge in [0.2, 0.25) is 5.88 Å². The third kappa shape index (κ3) is 3.23. The van der Waals surface area contributed by atoms with E-state index in [4.69, 9.17) is 10.5 Å². The summed E-state index contributed by atoms with van der Waals surface area (Å²) in [6.07, 6.45) is 4.05. The lowest BCUT2D eigenvalue weighted by Gasteiger charge is -2.04. The Morgan fingerprint density at radius 3 is 2.94 bits per heavy atom. The molecule has 1 aromatic rings. The van der Waals surface area contributed by atoms with Crippen LogP contribution in [0.25, 0.3) is 5.70 Å². The van der Waals surface area contributed by atoms with E-state index in [1.54, 1.807) is 0 Å². The van der Waals surface area contributed by atoms with E-state index in [2.05, 4.69) is 14.7 Å². The maximum atomic E-state index is 10.9. The van der Waals surface area contributed by atoms with E-state index in [1.807, 2.05) is 6.92 Å². The second kappa shape index (κ2) is 5.69. The first-order chi connectivity index (χ1) is 7.67. The van der Waals surface area contributed by atoms with Gasteiger partial charge in [0.25, 0.3) is 0 Å². The van der Waals surface area contributed by atoms with Crippen LogP contribution in [0, 0.1) is 0 Å². The lowest BCUT2D eigenvalue weighted by Crippen LogP contribution is -2.06. The lowest BCUT2D eigenvalue weighted by atomic mass is 10.3. The number of esters is 1. The van der Waals surface area contributed by atoms with E-state index >= 15 is 0 Å². The summed E-state index contributed by atoms with van der Waals surface area (Å²) in [7, 11) is 1.27. The Balaban J connectivity index is 2.91. The fraction of sp³-hybridized carbons (Fsp3) is 0.300. The van der Waals surface area contributed by atoms with Crippen LogP contribution in [0.2, 0.25) is 0 Å². The van der Waals surface area contributed by atoms with Crippen molar-refractivity contribution < 1.29 is 14.3 Å². The van der Waals surface area contributed by atoms with Crippen LogP contribution in [0.4, 0.5) is 0 Å². The Hall–Kier alpha value is -2.11. The largest absolute Gasteiger partial charge is 0.477 e. The zero-order chi connectivity index (χ0) is 12.0. The van der Waals surface area contributed by atoms with Gasteiger partial charge in [0.05, 0.1) is 31.8 Å². The van der Waals surface area contributed by atoms with Gasteiger partial charge in [-0.15, -0.1) is 0 Å². The van der Waals surface area contributed by atoms with Crippen LogP contribution in [0.3, 0.4) is 0 Å². The zero-order valence-corrected chi connectivity index (χ0v) is 9.14. The van der Waals surface area contributed by atoms with E-state index in [9.17, 15) is 4.79 Å². The van der Waals surface area contributed by atoms with Crippen LogP contribution in [0.1, 0.15) is 12.6 Å². The fourth-order valence-electron chi connectivity index (χ4n) is 0.964. The molecule has 86 valence electrons. The van der Waals surface area contributed by atoms with Crippen molar-refractivity contribution >= 4 is 11.7 Å². The van der Waals surface area contributed by atoms with E-state index in [1.165, 1.54) is 19.5 Å². The van der Waals surface area contributed by atoms with Gasteiger partial charge in [0.15, 0.2) is 0 Å². The van der Waals surface area contributed by atoms with Gasteiger partial charge in [-0.25, -0.2) is 9.78 Å². The smallest absolute Gasteiger partial charge is 0.332 e. The molecule has 0 aliphatic heterocycles. The van der Waals surface area contributed by atoms with Gasteiger partial charge in [-0.2, -0.15) is 0 Å². The van der Waals surface area contributed by atoms with Crippen molar-refractivity contribution in [2.75, 3.05) is 13.7 Å². The Morgan fingerprint density at radius 2 is 2.31 bits per heavy atom. The van der Waals surface area contributed by atoms with Crippen LogP contribution < -0.4 is 10.5 Å². The number of aromatic nitrogens is 2. The van der Waals surface area contributed by atoms with Gasteiger partial charge in [-0.05, 0) is 6.92 Å². The molecule has 1 heterocycles. The van der Waals surface area contributed by atoms with Crippen LogP contribution in [0.5, 0.6) is 5.88 Å². The van der Waals surface area contributed by atoms with Gasteiger partial charge in [-0.1, -0.05) is 0 Å². The summed E-state index contributed by atoms with van der Waals surface area (Å²) in [6.45, 7) is 2.32. The Bertz CT molecular complexity index is 404. The number of nitrogens with zero attached hydrogens (tertiary/aromatic N) is 2. The first kappa shape index (κ1) is 12.0. The Kier molecular flexibility index (Phi) is 4.26. The monoisotopic (exact) mass is 223 g/mol. The van der Waals surface area contributed by atoms with Crippen molar-refractivity contribution in [3.8, 4) is 5.88 Å². The van der Waals surface area contributed by atoms with Crippen molar-refractivity contribution in [2.45, 2.75) is 6.92 Å². The minimum atomic E-state index is -0.541. The summed E-state index contributed by atoms with van der Waals surface area (Å²) < 4.78 is 9.60. The van der Waals surface area contributed by atoms with Crippen molar-refractivity contribution in [1.29, 1.82) is 0 Å². The summed E-state index contributed by atoms with van der Waals surface area (Å²) in [6, 6.07) is 0. The topological polar surface area (TPSA) is 87.3 Å². The molecule has 6 heteroatoms. The quantitative estimate of drug-likeness (QED) is 0.585. The number of carbonyl (C=O) groups is 1. The van der Waals surface area contributed by atoms with Crippen molar-refractivity contribution in [3.05, 3.63) is 24.2 Å². The molecule has 1 rings (SSSR count). The second-order valence-corrected chi connectivity index (χ2v) is 2.80. The number of carbonyl (C=O) groups excluding carboxylic acids is 1. The minimum Gasteiger partial charge on any atom is -0.477 e. The molecule has 0 unspecified atom stereocenters. The predicted molar refractivity (Wildman–Crippen MR) is 57.4 cm³/mol. The van der Waals surface area contributed by atoms with Gasteiger partial charge in [0, 0.05) is 6.08 Å². The number of methoxy groups -OCH3 is 1. The molecule has 2 N–H and O–H groups in total. The van der Waals surface area contributed by atoms with Gasteiger partial charge in [-0.3, -0.25) is 4.98 Å². The highest BCUT2D eigenvalue weighted by molar-refractivity contribution is 5.89. The van der Waals surface area contributed by atoms with E-state index in [0.717, 1.165) is 6.08 Å². The fourth-order valence-corrected chi connectivity index (χ4v) is 0.964. The van der Waals surface area contributed by atoms with Gasteiger partial charge >= 0.3 is 5.97 Å². The number of rotatable bonds is 4. The third-order valence-corrected chi connectivity index (χ3v) is 1.67. The standard InChI is InChI=1S/C10H13N3O3/c1-3-16-9-6-12-5-8(13-9)7(11)4-10(14)15-2/h4-6H,3,11H2,1-2H3/b7-4-. The third-order valence-electron chi connectivity index (χ3n) is 1.67. The summed E-state index contributed by atoms with van der Waals surface area (Å²) in [5, 5.41) is 0. The lowest BCUT2D eigenvalue weighted by molar-refractivity contribution is -0.134. The molecule has 1 aromatic heterocycles. The minimum absolute atomic E-state index is 0.181. The molecule has 6 nitrogen and oxygen atoms in total. The van der Waals surface area contributed by atoms with Crippen LogP contribution >= 0.6 is 0 Å². The molecule has 0 amide bonds. The van der Waals surface area contributed by atoms with Crippen LogP contribution in [-0.4, -0.2) is 29.7 Å². The van der Waals surface area contributed by atoms with Gasteiger partial charge < -0.3 is 15.2 Å². The average molecular weight is 223 g/mol. The number of hydrogen-bond acceptors (Lipinski definition) is 6. The Morgan fingerprint density at radius 1 is 1.56 bits per heavy atom. The first-order valence-corrected chi connectivity index (χ1v) is 4.67. The molecule has 0 saturated heterocycles. The van der Waals surface area contributed by atoms with E-state index in [-0.39, 0.29) is 5.70 Å². The molecular formula is C10H13N3O3. The van der Waals surface area contributed by atoms with Crippen molar-refractivity contribution in [1.82, 2.24) is 9.97 Å². The highest BCUT2D eigenvalue weighted by atomic mass is 16.5. The maximum absolute atomic E-state index is 10.9. The molecule has 0 aliphatic rings. The molecule has 16 heavy (non-hydrogen) atoms. The summed E-state index contributed by atoms with van der Waals surface area (Å²) >= 11 is 0. The molecule has 0 radical (unpaired) electrons. The van der Waals surface area contributed by atoms with Crippen LogP contribution in [0.15, 0.2) is 18.5 Å². The summed E-state index contributed by atoms with van der Waals surface area (Å²) in [5.74, 6) is -0.178. The summed E-state index contributed by atoms with van der Waals surface area (Å²) in [5.41, 5.74) is 6.19. The van der Waals surface area contributed by atoms with Crippen molar-refractivity contribution in [2.24, 2.45) is 5.73 Å². The molecule has 0 spiro atoms. The zero-order valence-electron chi connectivity index (χ0n) is 9.14. The molecule has 0 saturated carbocycles. The number of nitrogens with two attached hydrogens (primary N) is 1. The van der Waals surface area contributed by atoms with Gasteiger partial charge in [0.1, 0.15) is 5.69 Å². The second-order valence-electron chi connectivity index (χ2n) is 2.80. The highest BCUT2D eigenvalue weighted by Gasteiger charge is 2.04. The van der Waals surface area contributed by atoms with Crippen molar-refractivity contribution in [3.63, 3.8) is 0 Å². The highest BCUT2D eigenvalue weighted by Crippen LogP contribution is 2.09. The molecular weight excluding hydrogens is 210 g/mol.